The molecule has 2 heterocycles. The topological polar surface area (TPSA) is 57.7 Å². The fourth-order valence-corrected chi connectivity index (χ4v) is 2.91. The molecule has 1 aliphatic heterocycles. The maximum Gasteiger partial charge on any atom is 0.573 e. The molecule has 2 aromatic rings. The van der Waals surface area contributed by atoms with Gasteiger partial charge in [0, 0.05) is 38.1 Å². The Hall–Kier alpha value is -2.68. The van der Waals surface area contributed by atoms with Gasteiger partial charge in [0.15, 0.2) is 0 Å². The van der Waals surface area contributed by atoms with E-state index in [1.165, 1.54) is 12.1 Å². The van der Waals surface area contributed by atoms with E-state index in [4.69, 9.17) is 11.6 Å². The zero-order valence-corrected chi connectivity index (χ0v) is 14.8. The normalized spacial score (nSPS) is 14.8. The van der Waals surface area contributed by atoms with Gasteiger partial charge in [-0.25, -0.2) is 9.78 Å². The average Bonchev–Trinajstić information content (AvgIpc) is 2.63. The Kier molecular flexibility index (Phi) is 5.59. The molecule has 0 radical (unpaired) electrons. The van der Waals surface area contributed by atoms with Crippen LogP contribution in [0.25, 0.3) is 0 Å². The van der Waals surface area contributed by atoms with Gasteiger partial charge >= 0.3 is 12.4 Å². The quantitative estimate of drug-likeness (QED) is 0.846. The van der Waals surface area contributed by atoms with Crippen molar-refractivity contribution in [2.75, 3.05) is 36.4 Å². The number of pyridine rings is 1. The minimum absolute atomic E-state index is 0.328. The molecule has 1 N–H and O–H groups in total. The lowest BCUT2D eigenvalue weighted by molar-refractivity contribution is -0.274. The monoisotopic (exact) mass is 400 g/mol. The molecule has 6 nitrogen and oxygen atoms in total. The predicted molar refractivity (Wildman–Crippen MR) is 95.2 cm³/mol. The molecule has 0 bridgehead atoms. The van der Waals surface area contributed by atoms with Crippen LogP contribution in [0, 0.1) is 0 Å². The van der Waals surface area contributed by atoms with Crippen molar-refractivity contribution in [3.8, 4) is 5.75 Å². The SMILES string of the molecule is O=C(Nc1ccc(OC(F)(F)F)cc1)N1CCN(c2ncccc2Cl)CC1. The summed E-state index contributed by atoms with van der Waals surface area (Å²) >= 11 is 6.14. The number of hydrogen-bond donors (Lipinski definition) is 1. The van der Waals surface area contributed by atoms with Gasteiger partial charge in [0.25, 0.3) is 0 Å². The third-order valence-electron chi connectivity index (χ3n) is 3.94. The van der Waals surface area contributed by atoms with Gasteiger partial charge < -0.3 is 19.9 Å². The lowest BCUT2D eigenvalue weighted by Gasteiger charge is -2.35. The van der Waals surface area contributed by atoms with Crippen LogP contribution in [0.5, 0.6) is 5.75 Å². The van der Waals surface area contributed by atoms with Gasteiger partial charge in [0.2, 0.25) is 0 Å². The summed E-state index contributed by atoms with van der Waals surface area (Å²) in [5.41, 5.74) is 0.379. The summed E-state index contributed by atoms with van der Waals surface area (Å²) in [6, 6.07) is 8.17. The van der Waals surface area contributed by atoms with E-state index in [9.17, 15) is 18.0 Å². The van der Waals surface area contributed by atoms with Crippen molar-refractivity contribution in [1.82, 2.24) is 9.88 Å². The number of nitrogens with one attached hydrogen (secondary N) is 1. The number of anilines is 2. The summed E-state index contributed by atoms with van der Waals surface area (Å²) in [6.07, 6.45) is -3.09. The molecule has 1 aliphatic rings. The first-order chi connectivity index (χ1) is 12.8. The predicted octanol–water partition coefficient (Wildman–Crippen LogP) is 3.99. The van der Waals surface area contributed by atoms with Crippen LogP contribution in [0.1, 0.15) is 0 Å². The second kappa shape index (κ2) is 7.91. The van der Waals surface area contributed by atoms with Gasteiger partial charge in [-0.2, -0.15) is 0 Å². The standard InChI is InChI=1S/C17H16ClF3N4O2/c18-14-2-1-7-22-15(14)24-8-10-25(11-9-24)16(26)23-12-3-5-13(6-4-12)27-17(19,20)21/h1-7H,8-11H2,(H,23,26). The number of rotatable bonds is 3. The molecule has 0 aliphatic carbocycles. The number of carbonyl (C=O) groups excluding carboxylic acids is 1. The third-order valence-corrected chi connectivity index (χ3v) is 4.24. The first-order valence-corrected chi connectivity index (χ1v) is 8.47. The molecule has 2 amide bonds. The van der Waals surface area contributed by atoms with Crippen LogP contribution in [-0.4, -0.2) is 48.5 Å². The van der Waals surface area contributed by atoms with E-state index in [1.54, 1.807) is 23.2 Å². The molecule has 0 atom stereocenters. The Labute approximate surface area is 158 Å². The maximum atomic E-state index is 12.3. The summed E-state index contributed by atoms with van der Waals surface area (Å²) < 4.78 is 40.3. The smallest absolute Gasteiger partial charge is 0.406 e. The fraction of sp³-hybridized carbons (Fsp3) is 0.294. The van der Waals surface area contributed by atoms with Gasteiger partial charge in [-0.1, -0.05) is 11.6 Å². The second-order valence-corrected chi connectivity index (χ2v) is 6.19. The highest BCUT2D eigenvalue weighted by Crippen LogP contribution is 2.25. The Bertz CT molecular complexity index is 794. The molecule has 144 valence electrons. The highest BCUT2D eigenvalue weighted by Gasteiger charge is 2.31. The Morgan fingerprint density at radius 3 is 2.37 bits per heavy atom. The minimum atomic E-state index is -4.75. The molecular formula is C17H16ClF3N4O2. The maximum absolute atomic E-state index is 12.3. The van der Waals surface area contributed by atoms with E-state index in [2.05, 4.69) is 15.0 Å². The summed E-state index contributed by atoms with van der Waals surface area (Å²) in [7, 11) is 0. The number of nitrogens with zero attached hydrogens (tertiary/aromatic N) is 3. The van der Waals surface area contributed by atoms with Crippen molar-refractivity contribution in [2.24, 2.45) is 0 Å². The Balaban J connectivity index is 1.53. The van der Waals surface area contributed by atoms with Crippen molar-refractivity contribution in [1.29, 1.82) is 0 Å². The summed E-state index contributed by atoms with van der Waals surface area (Å²) in [5.74, 6) is 0.334. The highest BCUT2D eigenvalue weighted by atomic mass is 35.5. The summed E-state index contributed by atoms with van der Waals surface area (Å²) in [5, 5.41) is 3.21. The number of alkyl halides is 3. The zero-order valence-electron chi connectivity index (χ0n) is 14.0. The number of aromatic nitrogens is 1. The molecule has 1 fully saturated rings. The Morgan fingerprint density at radius 1 is 1.11 bits per heavy atom. The van der Waals surface area contributed by atoms with Crippen molar-refractivity contribution >= 4 is 29.1 Å². The average molecular weight is 401 g/mol. The van der Waals surface area contributed by atoms with Crippen LogP contribution in [0.3, 0.4) is 0 Å². The van der Waals surface area contributed by atoms with Crippen molar-refractivity contribution in [3.05, 3.63) is 47.6 Å². The molecule has 0 saturated carbocycles. The van der Waals surface area contributed by atoms with Gasteiger partial charge in [-0.15, -0.1) is 13.2 Å². The summed E-state index contributed by atoms with van der Waals surface area (Å²) in [6.45, 7) is 2.08. The second-order valence-electron chi connectivity index (χ2n) is 5.79. The van der Waals surface area contributed by atoms with Crippen LogP contribution in [0.15, 0.2) is 42.6 Å². The van der Waals surface area contributed by atoms with Crippen LogP contribution in [0.4, 0.5) is 29.5 Å². The minimum Gasteiger partial charge on any atom is -0.406 e. The first kappa shape index (κ1) is 19.1. The number of hydrogen-bond acceptors (Lipinski definition) is 4. The van der Waals surface area contributed by atoms with Crippen molar-refractivity contribution < 1.29 is 22.7 Å². The molecule has 1 aromatic carbocycles. The van der Waals surface area contributed by atoms with Crippen molar-refractivity contribution in [3.63, 3.8) is 0 Å². The molecule has 3 rings (SSSR count). The zero-order chi connectivity index (χ0) is 19.4. The van der Waals surface area contributed by atoms with Gasteiger partial charge in [-0.05, 0) is 36.4 Å². The van der Waals surface area contributed by atoms with Crippen LogP contribution in [-0.2, 0) is 0 Å². The van der Waals surface area contributed by atoms with Crippen LogP contribution < -0.4 is 15.0 Å². The van der Waals surface area contributed by atoms with Crippen molar-refractivity contribution in [2.45, 2.75) is 6.36 Å². The number of amides is 2. The number of benzene rings is 1. The molecule has 10 heteroatoms. The number of halogens is 4. The van der Waals surface area contributed by atoms with Gasteiger partial charge in [-0.3, -0.25) is 0 Å². The van der Waals surface area contributed by atoms with Crippen LogP contribution >= 0.6 is 11.6 Å². The largest absolute Gasteiger partial charge is 0.573 e. The summed E-state index contributed by atoms with van der Waals surface area (Å²) in [4.78, 5) is 20.2. The van der Waals surface area contributed by atoms with Gasteiger partial charge in [0.05, 0.1) is 5.02 Å². The number of urea groups is 1. The van der Waals surface area contributed by atoms with Crippen LogP contribution in [0.2, 0.25) is 5.02 Å². The fourth-order valence-electron chi connectivity index (χ4n) is 2.67. The number of ether oxygens (including phenoxy) is 1. The van der Waals surface area contributed by atoms with E-state index < -0.39 is 6.36 Å². The molecule has 0 spiro atoms. The number of carbonyl (C=O) groups is 1. The van der Waals surface area contributed by atoms with E-state index in [1.807, 2.05) is 4.90 Å². The lowest BCUT2D eigenvalue weighted by Crippen LogP contribution is -2.50. The first-order valence-electron chi connectivity index (χ1n) is 8.09. The molecule has 1 saturated heterocycles. The van der Waals surface area contributed by atoms with E-state index in [0.29, 0.717) is 42.7 Å². The van der Waals surface area contributed by atoms with E-state index in [0.717, 1.165) is 12.1 Å². The Morgan fingerprint density at radius 2 is 1.78 bits per heavy atom. The highest BCUT2D eigenvalue weighted by molar-refractivity contribution is 6.32. The third kappa shape index (κ3) is 5.16. The molecule has 27 heavy (non-hydrogen) atoms. The molecule has 0 unspecified atom stereocenters. The molecular weight excluding hydrogens is 385 g/mol. The van der Waals surface area contributed by atoms with E-state index >= 15 is 0 Å². The number of piperazine rings is 1. The van der Waals surface area contributed by atoms with Gasteiger partial charge in [0.1, 0.15) is 11.6 Å². The van der Waals surface area contributed by atoms with E-state index in [-0.39, 0.29) is 11.8 Å². The lowest BCUT2D eigenvalue weighted by atomic mass is 10.3. The molecule has 1 aromatic heterocycles.